The molecule has 0 radical (unpaired) electrons. The molecule has 1 aliphatic rings. The van der Waals surface area contributed by atoms with Crippen molar-refractivity contribution in [2.45, 2.75) is 25.3 Å². The monoisotopic (exact) mass is 448 g/mol. The van der Waals surface area contributed by atoms with Crippen LogP contribution in [-0.4, -0.2) is 41.7 Å². The molecule has 2 atom stereocenters. The van der Waals surface area contributed by atoms with Crippen molar-refractivity contribution in [1.29, 1.82) is 0 Å². The van der Waals surface area contributed by atoms with Crippen LogP contribution in [0.3, 0.4) is 0 Å². The third-order valence-electron chi connectivity index (χ3n) is 5.45. The Morgan fingerprint density at radius 3 is 2.69 bits per heavy atom. The maximum absolute atomic E-state index is 14.1. The number of hydrogen-bond acceptors (Lipinski definition) is 5. The second kappa shape index (κ2) is 8.57. The van der Waals surface area contributed by atoms with Gasteiger partial charge in [0.1, 0.15) is 18.0 Å². The summed E-state index contributed by atoms with van der Waals surface area (Å²) in [6.07, 6.45) is -7.62. The fourth-order valence-corrected chi connectivity index (χ4v) is 3.75. The molecule has 0 saturated carbocycles. The number of nitrogens with one attached hydrogen (secondary N) is 1. The third-order valence-corrected chi connectivity index (χ3v) is 5.45. The number of alkyl halides is 3. The predicted molar refractivity (Wildman–Crippen MR) is 109 cm³/mol. The van der Waals surface area contributed by atoms with E-state index in [1.165, 1.54) is 30.3 Å². The van der Waals surface area contributed by atoms with Gasteiger partial charge in [0, 0.05) is 29.6 Å². The number of rotatable bonds is 4. The molecule has 5 nitrogen and oxygen atoms in total. The maximum Gasteiger partial charge on any atom is 0.417 e. The summed E-state index contributed by atoms with van der Waals surface area (Å²) in [5.74, 6) is -1.27. The highest BCUT2D eigenvalue weighted by atomic mass is 19.4. The van der Waals surface area contributed by atoms with E-state index < -0.39 is 35.5 Å². The van der Waals surface area contributed by atoms with Crippen molar-refractivity contribution in [2.75, 3.05) is 19.7 Å². The molecule has 0 bridgehead atoms. The molecule has 4 rings (SSSR count). The van der Waals surface area contributed by atoms with Crippen molar-refractivity contribution in [3.63, 3.8) is 0 Å². The number of carbonyl (C=O) groups excluding carboxylic acids is 1. The summed E-state index contributed by atoms with van der Waals surface area (Å²) >= 11 is 0. The Morgan fingerprint density at radius 1 is 1.25 bits per heavy atom. The van der Waals surface area contributed by atoms with E-state index in [-0.39, 0.29) is 35.3 Å². The van der Waals surface area contributed by atoms with Gasteiger partial charge in [0.15, 0.2) is 5.78 Å². The molecular weight excluding hydrogens is 428 g/mol. The van der Waals surface area contributed by atoms with Gasteiger partial charge in [0.25, 0.3) is 0 Å². The topological polar surface area (TPSA) is 71.5 Å². The lowest BCUT2D eigenvalue weighted by Gasteiger charge is -2.25. The smallest absolute Gasteiger partial charge is 0.380 e. The molecule has 168 valence electrons. The Labute approximate surface area is 181 Å². The number of aromatic nitrogens is 1. The van der Waals surface area contributed by atoms with E-state index in [4.69, 9.17) is 4.74 Å². The summed E-state index contributed by atoms with van der Waals surface area (Å²) < 4.78 is 60.8. The van der Waals surface area contributed by atoms with Crippen molar-refractivity contribution in [3.05, 3.63) is 65.0 Å². The number of carbonyl (C=O) groups is 1. The first-order chi connectivity index (χ1) is 15.2. The summed E-state index contributed by atoms with van der Waals surface area (Å²) in [5.41, 5.74) is -0.495. The second-order valence-corrected chi connectivity index (χ2v) is 7.63. The van der Waals surface area contributed by atoms with Crippen LogP contribution < -0.4 is 5.32 Å². The first kappa shape index (κ1) is 22.3. The van der Waals surface area contributed by atoms with Gasteiger partial charge in [-0.25, -0.2) is 9.37 Å². The Hall–Kier alpha value is -2.88. The summed E-state index contributed by atoms with van der Waals surface area (Å²) in [6, 6.07) is 8.94. The Morgan fingerprint density at radius 2 is 2.03 bits per heavy atom. The maximum atomic E-state index is 14.1. The summed E-state index contributed by atoms with van der Waals surface area (Å²) in [4.78, 5) is 17.1. The predicted octanol–water partition coefficient (Wildman–Crippen LogP) is 3.96. The molecule has 2 aromatic carbocycles. The largest absolute Gasteiger partial charge is 0.417 e. The first-order valence-corrected chi connectivity index (χ1v) is 9.98. The lowest BCUT2D eigenvalue weighted by atomic mass is 9.93. The minimum Gasteiger partial charge on any atom is -0.380 e. The van der Waals surface area contributed by atoms with Gasteiger partial charge >= 0.3 is 6.18 Å². The average molecular weight is 448 g/mol. The van der Waals surface area contributed by atoms with Gasteiger partial charge < -0.3 is 15.2 Å². The van der Waals surface area contributed by atoms with Crippen molar-refractivity contribution >= 4 is 16.7 Å². The van der Waals surface area contributed by atoms with Crippen molar-refractivity contribution < 1.29 is 32.2 Å². The average Bonchev–Trinajstić information content (AvgIpc) is 2.78. The van der Waals surface area contributed by atoms with Crippen molar-refractivity contribution in [3.8, 4) is 11.3 Å². The van der Waals surface area contributed by atoms with E-state index in [1.807, 2.05) is 0 Å². The first-order valence-electron chi connectivity index (χ1n) is 9.98. The second-order valence-electron chi connectivity index (χ2n) is 7.63. The van der Waals surface area contributed by atoms with Crippen LogP contribution in [0.25, 0.3) is 22.2 Å². The van der Waals surface area contributed by atoms with E-state index >= 15 is 0 Å². The number of morpholine rings is 1. The molecule has 32 heavy (non-hydrogen) atoms. The van der Waals surface area contributed by atoms with Crippen LogP contribution in [0.15, 0.2) is 42.5 Å². The highest BCUT2D eigenvalue weighted by Gasteiger charge is 2.37. The van der Waals surface area contributed by atoms with Gasteiger partial charge in [0.2, 0.25) is 0 Å². The highest BCUT2D eigenvalue weighted by Crippen LogP contribution is 2.39. The summed E-state index contributed by atoms with van der Waals surface area (Å²) in [7, 11) is 0. The van der Waals surface area contributed by atoms with Crippen LogP contribution in [0.5, 0.6) is 0 Å². The summed E-state index contributed by atoms with van der Waals surface area (Å²) in [6.45, 7) is 2.48. The number of nitrogens with zero attached hydrogens (tertiary/aromatic N) is 1. The van der Waals surface area contributed by atoms with Gasteiger partial charge in [-0.1, -0.05) is 18.2 Å². The molecule has 3 aromatic rings. The van der Waals surface area contributed by atoms with Gasteiger partial charge in [0.05, 0.1) is 23.4 Å². The van der Waals surface area contributed by atoms with E-state index in [0.717, 1.165) is 6.07 Å². The lowest BCUT2D eigenvalue weighted by Crippen LogP contribution is -2.44. The fourth-order valence-electron chi connectivity index (χ4n) is 3.75. The molecule has 1 aromatic heterocycles. The molecule has 2 unspecified atom stereocenters. The van der Waals surface area contributed by atoms with E-state index in [9.17, 15) is 27.5 Å². The number of aryl methyl sites for hydroxylation is 1. The zero-order valence-corrected chi connectivity index (χ0v) is 17.0. The fraction of sp³-hybridized carbons (Fsp3) is 0.304. The zero-order chi connectivity index (χ0) is 23.0. The highest BCUT2D eigenvalue weighted by molar-refractivity contribution is 5.96. The van der Waals surface area contributed by atoms with E-state index in [0.29, 0.717) is 17.7 Å². The number of pyridine rings is 1. The molecule has 0 spiro atoms. The molecule has 2 N–H and O–H groups in total. The molecule has 2 heterocycles. The zero-order valence-electron chi connectivity index (χ0n) is 17.0. The molecule has 0 amide bonds. The Balaban J connectivity index is 1.92. The minimum atomic E-state index is -4.74. The lowest BCUT2D eigenvalue weighted by molar-refractivity contribution is -0.141. The normalized spacial score (nSPS) is 18.0. The van der Waals surface area contributed by atoms with Gasteiger partial charge in [-0.2, -0.15) is 13.2 Å². The van der Waals surface area contributed by atoms with Crippen LogP contribution in [-0.2, 0) is 15.7 Å². The third kappa shape index (κ3) is 4.23. The molecule has 1 saturated heterocycles. The number of benzene rings is 2. The number of halogens is 4. The minimum absolute atomic E-state index is 0.0668. The van der Waals surface area contributed by atoms with Crippen molar-refractivity contribution in [2.24, 2.45) is 0 Å². The van der Waals surface area contributed by atoms with E-state index in [1.54, 1.807) is 13.0 Å². The van der Waals surface area contributed by atoms with Crippen LogP contribution in [0.4, 0.5) is 17.6 Å². The van der Waals surface area contributed by atoms with Gasteiger partial charge in [-0.05, 0) is 36.8 Å². The van der Waals surface area contributed by atoms with Crippen LogP contribution in [0, 0.1) is 12.7 Å². The van der Waals surface area contributed by atoms with Crippen LogP contribution in [0.1, 0.15) is 22.8 Å². The number of hydrogen-bond donors (Lipinski definition) is 2. The number of ether oxygens (including phenoxy) is 1. The number of fused-ring (bicyclic) bond motifs is 1. The SMILES string of the molecule is Cc1ccc(-c2cc(C(O)C(=O)C3CNCCO3)c3c(C(F)(F)F)cccc3n2)cc1F. The van der Waals surface area contributed by atoms with Crippen molar-refractivity contribution in [1.82, 2.24) is 10.3 Å². The molecule has 9 heteroatoms. The van der Waals surface area contributed by atoms with E-state index in [2.05, 4.69) is 10.3 Å². The van der Waals surface area contributed by atoms with Crippen LogP contribution in [0.2, 0.25) is 0 Å². The Bertz CT molecular complexity index is 1170. The van der Waals surface area contributed by atoms with Gasteiger partial charge in [-0.3, -0.25) is 4.79 Å². The standard InChI is InChI=1S/C23H20F4N2O3/c1-12-5-6-13(9-16(12)24)18-10-14(21(30)22(31)19-11-28-7-8-32-19)20-15(23(25,26)27)3-2-4-17(20)29-18/h2-6,9-10,19,21,28,30H,7-8,11H2,1H3. The molecule has 0 aliphatic carbocycles. The Kier molecular flexibility index (Phi) is 5.98. The number of ketones is 1. The number of aliphatic hydroxyl groups is 1. The van der Waals surface area contributed by atoms with Gasteiger partial charge in [-0.15, -0.1) is 0 Å². The molecular formula is C23H20F4N2O3. The molecule has 1 aliphatic heterocycles. The quantitative estimate of drug-likeness (QED) is 0.592. The van der Waals surface area contributed by atoms with Crippen LogP contribution >= 0.6 is 0 Å². The summed E-state index contributed by atoms with van der Waals surface area (Å²) in [5, 5.41) is 13.5. The molecule has 1 fully saturated rings. The number of Topliss-reactive ketones (excluding diaryl/α,β-unsaturated/α-hetero) is 1. The number of aliphatic hydroxyl groups excluding tert-OH is 1.